The maximum absolute atomic E-state index is 12.6. The lowest BCUT2D eigenvalue weighted by atomic mass is 9.96. The molecule has 4 heterocycles. The van der Waals surface area contributed by atoms with E-state index in [2.05, 4.69) is 13.5 Å². The van der Waals surface area contributed by atoms with E-state index in [4.69, 9.17) is 47.4 Å². The fourth-order valence-corrected chi connectivity index (χ4v) is 7.02. The highest BCUT2D eigenvalue weighted by molar-refractivity contribution is 5.67. The van der Waals surface area contributed by atoms with Crippen LogP contribution >= 0.6 is 0 Å². The second kappa shape index (κ2) is 17.2. The molecule has 0 radical (unpaired) electrons. The number of hydrogen-bond donors (Lipinski definition) is 0. The van der Waals surface area contributed by atoms with Crippen molar-refractivity contribution < 1.29 is 57.0 Å². The summed E-state index contributed by atoms with van der Waals surface area (Å²) in [5.74, 6) is -2.10. The van der Waals surface area contributed by atoms with Crippen molar-refractivity contribution in [2.24, 2.45) is 0 Å². The molecule has 49 heavy (non-hydrogen) atoms. The first-order valence-corrected chi connectivity index (χ1v) is 17.7. The van der Waals surface area contributed by atoms with Crippen molar-refractivity contribution in [1.29, 1.82) is 0 Å². The van der Waals surface area contributed by atoms with Gasteiger partial charge in [0.05, 0.1) is 18.8 Å². The summed E-state index contributed by atoms with van der Waals surface area (Å²) in [6.45, 7) is 14.3. The summed E-state index contributed by atoms with van der Waals surface area (Å²) >= 11 is 0. The molecule has 274 valence electrons. The fraction of sp³-hybridized carbons (Fsp3) is 0.730. The first-order valence-electron chi connectivity index (χ1n) is 17.7. The zero-order valence-electron chi connectivity index (χ0n) is 29.7. The monoisotopic (exact) mass is 690 g/mol. The summed E-state index contributed by atoms with van der Waals surface area (Å²) < 4.78 is 63.3. The third-order valence-corrected chi connectivity index (χ3v) is 9.21. The molecule has 0 aromatic heterocycles. The van der Waals surface area contributed by atoms with Crippen molar-refractivity contribution in [1.82, 2.24) is 0 Å². The lowest BCUT2D eigenvalue weighted by molar-refractivity contribution is -0.388. The molecular weight excluding hydrogens is 636 g/mol. The molecule has 0 N–H and O–H groups in total. The maximum atomic E-state index is 12.6. The van der Waals surface area contributed by atoms with E-state index >= 15 is 0 Å². The Morgan fingerprint density at radius 1 is 0.898 bits per heavy atom. The predicted molar refractivity (Wildman–Crippen MR) is 176 cm³/mol. The Morgan fingerprint density at radius 2 is 1.59 bits per heavy atom. The molecule has 0 aliphatic carbocycles. The second-order valence-corrected chi connectivity index (χ2v) is 13.7. The van der Waals surface area contributed by atoms with Crippen molar-refractivity contribution in [2.75, 3.05) is 6.61 Å². The van der Waals surface area contributed by atoms with Crippen LogP contribution < -0.4 is 0 Å². The summed E-state index contributed by atoms with van der Waals surface area (Å²) in [7, 11) is 0. The third-order valence-electron chi connectivity index (χ3n) is 9.21. The van der Waals surface area contributed by atoms with Crippen molar-refractivity contribution in [3.63, 3.8) is 0 Å². The van der Waals surface area contributed by atoms with Gasteiger partial charge in [0.15, 0.2) is 36.9 Å². The predicted octanol–water partition coefficient (Wildman–Crippen LogP) is 5.66. The van der Waals surface area contributed by atoms with E-state index in [-0.39, 0.29) is 18.8 Å². The van der Waals surface area contributed by atoms with Gasteiger partial charge in [-0.2, -0.15) is 0 Å². The first kappa shape index (κ1) is 37.8. The molecule has 0 unspecified atom stereocenters. The molecule has 5 rings (SSSR count). The molecule has 4 fully saturated rings. The normalized spacial score (nSPS) is 35.8. The van der Waals surface area contributed by atoms with Gasteiger partial charge in [-0.25, -0.2) is 0 Å². The van der Waals surface area contributed by atoms with Gasteiger partial charge in [0.1, 0.15) is 30.5 Å². The van der Waals surface area contributed by atoms with Crippen LogP contribution in [0.3, 0.4) is 0 Å². The molecular formula is C37H54O12. The topological polar surface area (TPSA) is 126 Å². The molecule has 1 aromatic carbocycles. The Bertz CT molecular complexity index is 1230. The van der Waals surface area contributed by atoms with Crippen LogP contribution in [0.4, 0.5) is 0 Å². The average Bonchev–Trinajstić information content (AvgIpc) is 3.39. The van der Waals surface area contributed by atoms with Gasteiger partial charge < -0.3 is 47.4 Å². The summed E-state index contributed by atoms with van der Waals surface area (Å²) in [4.78, 5) is 25.1. The van der Waals surface area contributed by atoms with E-state index in [9.17, 15) is 9.59 Å². The van der Waals surface area contributed by atoms with Crippen molar-refractivity contribution in [2.45, 2.75) is 166 Å². The van der Waals surface area contributed by atoms with Crippen molar-refractivity contribution in [3.8, 4) is 0 Å². The highest BCUT2D eigenvalue weighted by Gasteiger charge is 2.59. The Labute approximate surface area is 289 Å². The number of allylic oxidation sites excluding steroid dienone is 1. The van der Waals surface area contributed by atoms with Crippen LogP contribution in [-0.2, 0) is 57.0 Å². The van der Waals surface area contributed by atoms with Crippen LogP contribution in [0.15, 0.2) is 43.0 Å². The van der Waals surface area contributed by atoms with Gasteiger partial charge >= 0.3 is 11.9 Å². The van der Waals surface area contributed by atoms with Gasteiger partial charge in [-0.15, -0.1) is 6.58 Å². The molecule has 0 spiro atoms. The third kappa shape index (κ3) is 9.68. The van der Waals surface area contributed by atoms with Crippen LogP contribution in [0.2, 0.25) is 0 Å². The minimum atomic E-state index is -1.23. The Morgan fingerprint density at radius 3 is 2.29 bits per heavy atom. The Balaban J connectivity index is 1.44. The quantitative estimate of drug-likeness (QED) is 0.128. The van der Waals surface area contributed by atoms with Crippen molar-refractivity contribution >= 4 is 11.9 Å². The van der Waals surface area contributed by atoms with E-state index in [1.807, 2.05) is 57.2 Å². The minimum absolute atomic E-state index is 0.105. The molecule has 0 bridgehead atoms. The second-order valence-electron chi connectivity index (χ2n) is 13.7. The summed E-state index contributed by atoms with van der Waals surface area (Å²) in [6, 6.07) is 9.41. The van der Waals surface area contributed by atoms with Crippen LogP contribution in [-0.4, -0.2) is 91.8 Å². The number of ether oxygens (including phenoxy) is 10. The van der Waals surface area contributed by atoms with Gasteiger partial charge in [-0.3, -0.25) is 9.59 Å². The molecule has 0 saturated carbocycles. The number of rotatable bonds is 15. The molecule has 1 aromatic rings. The smallest absolute Gasteiger partial charge is 0.303 e. The van der Waals surface area contributed by atoms with Gasteiger partial charge in [0, 0.05) is 19.4 Å². The van der Waals surface area contributed by atoms with Gasteiger partial charge in [0.25, 0.3) is 0 Å². The SMILES string of the molecule is C=CCCC[C@H](CCCCC)O[C@@H]1O[C@H](C)[C@@H]2OC(C)(C)O[C@@H]2[C@H]1O[C@@H]1O[C@@H]2CO[C@@H](c3ccccc3)O[C@H]2[C@H](OC(C)=O)[C@H]1OC(C)=O. The fourth-order valence-electron chi connectivity index (χ4n) is 7.02. The molecule has 4 saturated heterocycles. The molecule has 4 aliphatic rings. The van der Waals surface area contributed by atoms with E-state index in [0.29, 0.717) is 0 Å². The number of benzene rings is 1. The van der Waals surface area contributed by atoms with Gasteiger partial charge in [-0.1, -0.05) is 62.6 Å². The average molecular weight is 691 g/mol. The molecule has 4 aliphatic heterocycles. The zero-order valence-corrected chi connectivity index (χ0v) is 29.7. The lowest BCUT2D eigenvalue weighted by Gasteiger charge is -2.50. The van der Waals surface area contributed by atoms with Gasteiger partial charge in [-0.05, 0) is 46.5 Å². The van der Waals surface area contributed by atoms with Crippen LogP contribution in [0.1, 0.15) is 98.3 Å². The Kier molecular flexibility index (Phi) is 13.3. The minimum Gasteiger partial charge on any atom is -0.455 e. The zero-order chi connectivity index (χ0) is 35.1. The van der Waals surface area contributed by atoms with Crippen molar-refractivity contribution in [3.05, 3.63) is 48.6 Å². The van der Waals surface area contributed by atoms with Crippen LogP contribution in [0.25, 0.3) is 0 Å². The van der Waals surface area contributed by atoms with Crippen LogP contribution in [0.5, 0.6) is 0 Å². The number of carbonyl (C=O) groups excluding carboxylic acids is 2. The Hall–Kier alpha value is -2.42. The van der Waals surface area contributed by atoms with E-state index in [1.165, 1.54) is 13.8 Å². The summed E-state index contributed by atoms with van der Waals surface area (Å²) in [5, 5.41) is 0. The van der Waals surface area contributed by atoms with E-state index in [0.717, 1.165) is 50.5 Å². The number of carbonyl (C=O) groups is 2. The first-order chi connectivity index (χ1) is 23.5. The largest absolute Gasteiger partial charge is 0.455 e. The molecule has 0 amide bonds. The maximum Gasteiger partial charge on any atom is 0.303 e. The van der Waals surface area contributed by atoms with E-state index in [1.54, 1.807) is 0 Å². The van der Waals surface area contributed by atoms with Gasteiger partial charge in [0.2, 0.25) is 0 Å². The molecule has 12 atom stereocenters. The molecule has 12 heteroatoms. The molecule has 12 nitrogen and oxygen atoms in total. The number of hydrogen-bond acceptors (Lipinski definition) is 12. The number of fused-ring (bicyclic) bond motifs is 2. The highest BCUT2D eigenvalue weighted by Crippen LogP contribution is 2.42. The highest BCUT2D eigenvalue weighted by atomic mass is 16.8. The standard InChI is InChI=1S/C37H54O12/c1-8-10-13-19-26(20-14-11-9-2)44-35-33(31-28(22(3)41-35)48-37(6,7)49-31)47-36-32(43-24(5)39)30(42-23(4)38)29-27(45-36)21-40-34(46-29)25-17-15-12-16-18-25/h8,12,15-18,22,26-36H,1,9-11,13-14,19-21H2,2-7H3/t22-,26-,27-,28+,29-,30+,31+,32-,33-,34-,35+,36+/m1/s1. The number of esters is 2. The lowest BCUT2D eigenvalue weighted by Crippen LogP contribution is -2.66. The van der Waals surface area contributed by atoms with E-state index < -0.39 is 79.3 Å². The summed E-state index contributed by atoms with van der Waals surface area (Å²) in [6.07, 6.45) is -0.501. The number of unbranched alkanes of at least 4 members (excludes halogenated alkanes) is 3. The van der Waals surface area contributed by atoms with Crippen LogP contribution in [0, 0.1) is 0 Å². The summed E-state index contributed by atoms with van der Waals surface area (Å²) in [5.41, 5.74) is 0.784.